The lowest BCUT2D eigenvalue weighted by atomic mass is 9.87. The van der Waals surface area contributed by atoms with E-state index in [1.807, 2.05) is 16.7 Å². The average molecular weight is 371 g/mol. The van der Waals surface area contributed by atoms with Crippen LogP contribution in [0.5, 0.6) is 11.8 Å². The number of benzene rings is 1. The van der Waals surface area contributed by atoms with Crippen molar-refractivity contribution in [2.45, 2.75) is 65.0 Å². The summed E-state index contributed by atoms with van der Waals surface area (Å²) in [6.07, 6.45) is 2.66. The zero-order valence-corrected chi connectivity index (χ0v) is 16.6. The summed E-state index contributed by atoms with van der Waals surface area (Å²) in [4.78, 5) is 15.9. The summed E-state index contributed by atoms with van der Waals surface area (Å²) in [6, 6.07) is 8.64. The number of nitrogens with two attached hydrogens (primary N) is 1. The second-order valence-electron chi connectivity index (χ2n) is 8.09. The van der Waals surface area contributed by atoms with E-state index in [1.54, 1.807) is 0 Å². The van der Waals surface area contributed by atoms with Crippen molar-refractivity contribution >= 4 is 5.91 Å². The molecule has 6 heteroatoms. The molecule has 1 aliphatic heterocycles. The third-order valence-electron chi connectivity index (χ3n) is 4.85. The molecule has 0 saturated carbocycles. The summed E-state index contributed by atoms with van der Waals surface area (Å²) in [6.45, 7) is 9.73. The van der Waals surface area contributed by atoms with Crippen LogP contribution in [0.1, 0.15) is 62.3 Å². The maximum absolute atomic E-state index is 11.6. The van der Waals surface area contributed by atoms with E-state index in [9.17, 15) is 4.79 Å². The van der Waals surface area contributed by atoms with Crippen molar-refractivity contribution in [3.05, 3.63) is 41.2 Å². The predicted molar refractivity (Wildman–Crippen MR) is 104 cm³/mol. The third kappa shape index (κ3) is 4.26. The van der Waals surface area contributed by atoms with Crippen LogP contribution in [-0.4, -0.2) is 28.2 Å². The Bertz CT molecular complexity index is 803. The summed E-state index contributed by atoms with van der Waals surface area (Å²) < 4.78 is 13.7. The highest BCUT2D eigenvalue weighted by molar-refractivity contribution is 5.92. The molecule has 6 nitrogen and oxygen atoms in total. The first kappa shape index (κ1) is 19.3. The second-order valence-corrected chi connectivity index (χ2v) is 8.09. The number of unbranched alkanes of at least 4 members (excludes halogenated alkanes) is 1. The second kappa shape index (κ2) is 7.62. The smallest absolute Gasteiger partial charge is 0.297 e. The fraction of sp³-hybridized carbons (Fsp3) is 0.524. The van der Waals surface area contributed by atoms with E-state index < -0.39 is 5.91 Å². The number of imidazole rings is 1. The number of primary amides is 1. The number of amides is 1. The van der Waals surface area contributed by atoms with Crippen molar-refractivity contribution in [2.75, 3.05) is 6.61 Å². The lowest BCUT2D eigenvalue weighted by Gasteiger charge is -2.19. The Morgan fingerprint density at radius 2 is 2.04 bits per heavy atom. The SMILES string of the molecule is CCCCc1c(C(N)=O)nc2n1C[C@@H](COc1ccc(C(C)(C)C)cc1)O2. The number of fused-ring (bicyclic) bond motifs is 1. The van der Waals surface area contributed by atoms with E-state index in [4.69, 9.17) is 15.2 Å². The quantitative estimate of drug-likeness (QED) is 0.808. The molecule has 0 spiro atoms. The summed E-state index contributed by atoms with van der Waals surface area (Å²) in [7, 11) is 0. The zero-order valence-electron chi connectivity index (χ0n) is 16.6. The molecule has 2 heterocycles. The summed E-state index contributed by atoms with van der Waals surface area (Å²) in [5.41, 5.74) is 8.06. The minimum Gasteiger partial charge on any atom is -0.490 e. The lowest BCUT2D eigenvalue weighted by Crippen LogP contribution is -2.25. The number of ether oxygens (including phenoxy) is 2. The Kier molecular flexibility index (Phi) is 5.44. The van der Waals surface area contributed by atoms with Gasteiger partial charge in [0.1, 0.15) is 12.4 Å². The zero-order chi connectivity index (χ0) is 19.6. The van der Waals surface area contributed by atoms with Gasteiger partial charge in [0, 0.05) is 0 Å². The van der Waals surface area contributed by atoms with Gasteiger partial charge in [0.05, 0.1) is 12.2 Å². The van der Waals surface area contributed by atoms with Crippen molar-refractivity contribution in [1.29, 1.82) is 0 Å². The highest BCUT2D eigenvalue weighted by Gasteiger charge is 2.31. The first-order valence-electron chi connectivity index (χ1n) is 9.58. The molecule has 0 bridgehead atoms. The van der Waals surface area contributed by atoms with Crippen molar-refractivity contribution in [3.63, 3.8) is 0 Å². The van der Waals surface area contributed by atoms with Gasteiger partial charge < -0.3 is 15.2 Å². The van der Waals surface area contributed by atoms with E-state index in [1.165, 1.54) is 5.56 Å². The van der Waals surface area contributed by atoms with E-state index >= 15 is 0 Å². The number of hydrogen-bond acceptors (Lipinski definition) is 4. The Labute approximate surface area is 160 Å². The van der Waals surface area contributed by atoms with Crippen LogP contribution in [0, 0.1) is 0 Å². The molecule has 0 aliphatic carbocycles. The van der Waals surface area contributed by atoms with Crippen molar-refractivity contribution in [2.24, 2.45) is 5.73 Å². The maximum Gasteiger partial charge on any atom is 0.297 e. The molecule has 2 aromatic rings. The average Bonchev–Trinajstić information content (AvgIpc) is 3.15. The number of hydrogen-bond donors (Lipinski definition) is 1. The third-order valence-corrected chi connectivity index (χ3v) is 4.85. The van der Waals surface area contributed by atoms with Crippen LogP contribution in [0.15, 0.2) is 24.3 Å². The van der Waals surface area contributed by atoms with Gasteiger partial charge in [0.15, 0.2) is 11.8 Å². The van der Waals surface area contributed by atoms with Crippen LogP contribution >= 0.6 is 0 Å². The van der Waals surface area contributed by atoms with Gasteiger partial charge in [-0.25, -0.2) is 0 Å². The minimum atomic E-state index is -0.502. The van der Waals surface area contributed by atoms with E-state index in [0.29, 0.717) is 24.9 Å². The molecule has 1 atom stereocenters. The minimum absolute atomic E-state index is 0.120. The normalized spacial score (nSPS) is 16.1. The van der Waals surface area contributed by atoms with Gasteiger partial charge in [-0.15, -0.1) is 0 Å². The number of rotatable bonds is 7. The standard InChI is InChI=1S/C21H29N3O3/c1-5-6-7-17-18(19(22)25)23-20-24(17)12-16(27-20)13-26-15-10-8-14(9-11-15)21(2,3)4/h8-11,16H,5-7,12-13H2,1-4H3,(H2,22,25)/t16-/m0/s1. The summed E-state index contributed by atoms with van der Waals surface area (Å²) in [5, 5.41) is 0. The molecular formula is C21H29N3O3. The van der Waals surface area contributed by atoms with Crippen molar-refractivity contribution in [3.8, 4) is 11.8 Å². The number of aromatic nitrogens is 2. The van der Waals surface area contributed by atoms with Crippen LogP contribution in [0.4, 0.5) is 0 Å². The van der Waals surface area contributed by atoms with Gasteiger partial charge >= 0.3 is 0 Å². The molecule has 1 aromatic carbocycles. The molecule has 27 heavy (non-hydrogen) atoms. The van der Waals surface area contributed by atoms with Gasteiger partial charge in [0.25, 0.3) is 11.9 Å². The molecule has 0 fully saturated rings. The molecule has 0 radical (unpaired) electrons. The highest BCUT2D eigenvalue weighted by Crippen LogP contribution is 2.28. The Balaban J connectivity index is 1.63. The van der Waals surface area contributed by atoms with Gasteiger partial charge in [-0.3, -0.25) is 9.36 Å². The molecule has 1 amide bonds. The van der Waals surface area contributed by atoms with E-state index in [2.05, 4.69) is 44.8 Å². The highest BCUT2D eigenvalue weighted by atomic mass is 16.6. The molecule has 1 aromatic heterocycles. The van der Waals surface area contributed by atoms with Crippen molar-refractivity contribution < 1.29 is 14.3 Å². The molecule has 146 valence electrons. The number of carbonyl (C=O) groups excluding carboxylic acids is 1. The number of nitrogens with zero attached hydrogens (tertiary/aromatic N) is 2. The van der Waals surface area contributed by atoms with Crippen LogP contribution in [0.3, 0.4) is 0 Å². The first-order chi connectivity index (χ1) is 12.8. The topological polar surface area (TPSA) is 79.4 Å². The van der Waals surface area contributed by atoms with Crippen LogP contribution < -0.4 is 15.2 Å². The molecule has 2 N–H and O–H groups in total. The summed E-state index contributed by atoms with van der Waals surface area (Å²) >= 11 is 0. The van der Waals surface area contributed by atoms with Gasteiger partial charge in [-0.05, 0) is 36.0 Å². The fourth-order valence-electron chi connectivity index (χ4n) is 3.25. The summed E-state index contributed by atoms with van der Waals surface area (Å²) in [5.74, 6) is 0.318. The van der Waals surface area contributed by atoms with E-state index in [-0.39, 0.29) is 11.5 Å². The molecule has 1 aliphatic rings. The first-order valence-corrected chi connectivity index (χ1v) is 9.58. The Morgan fingerprint density at radius 1 is 1.33 bits per heavy atom. The lowest BCUT2D eigenvalue weighted by molar-refractivity contribution is 0.0991. The molecule has 3 rings (SSSR count). The van der Waals surface area contributed by atoms with Crippen LogP contribution in [0.25, 0.3) is 0 Å². The van der Waals surface area contributed by atoms with Crippen LogP contribution in [-0.2, 0) is 18.4 Å². The van der Waals surface area contributed by atoms with Crippen LogP contribution in [0.2, 0.25) is 0 Å². The monoisotopic (exact) mass is 371 g/mol. The molecule has 0 unspecified atom stereocenters. The van der Waals surface area contributed by atoms with Gasteiger partial charge in [0.2, 0.25) is 0 Å². The van der Waals surface area contributed by atoms with Gasteiger partial charge in [-0.1, -0.05) is 46.2 Å². The largest absolute Gasteiger partial charge is 0.490 e. The van der Waals surface area contributed by atoms with Gasteiger partial charge in [-0.2, -0.15) is 4.98 Å². The molecular weight excluding hydrogens is 342 g/mol. The number of carbonyl (C=O) groups is 1. The van der Waals surface area contributed by atoms with E-state index in [0.717, 1.165) is 30.7 Å². The predicted octanol–water partition coefficient (Wildman–Crippen LogP) is 3.46. The molecule has 0 saturated heterocycles. The Morgan fingerprint density at radius 3 is 2.63 bits per heavy atom. The maximum atomic E-state index is 11.6. The Hall–Kier alpha value is -2.50. The van der Waals surface area contributed by atoms with Crippen molar-refractivity contribution in [1.82, 2.24) is 9.55 Å². The fourth-order valence-corrected chi connectivity index (χ4v) is 3.25.